The van der Waals surface area contributed by atoms with Crippen LogP contribution in [0.1, 0.15) is 40.0 Å². The lowest BCUT2D eigenvalue weighted by molar-refractivity contribution is -0.300. The van der Waals surface area contributed by atoms with Gasteiger partial charge >= 0.3 is 0 Å². The first-order chi connectivity index (χ1) is 7.07. The molecule has 0 aromatic carbocycles. The van der Waals surface area contributed by atoms with Gasteiger partial charge in [0.15, 0.2) is 5.79 Å². The molecular formula is C11H21NO3. The highest BCUT2D eigenvalue weighted by molar-refractivity contribution is 5.45. The van der Waals surface area contributed by atoms with Gasteiger partial charge in [0.1, 0.15) is 0 Å². The summed E-state index contributed by atoms with van der Waals surface area (Å²) in [6.07, 6.45) is 3.95. The Kier molecular flexibility index (Phi) is 4.54. The van der Waals surface area contributed by atoms with E-state index in [1.165, 1.54) is 0 Å². The van der Waals surface area contributed by atoms with E-state index in [1.807, 2.05) is 13.8 Å². The third-order valence-corrected chi connectivity index (χ3v) is 2.58. The lowest BCUT2D eigenvalue weighted by Gasteiger charge is -2.40. The molecule has 0 radical (unpaired) electrons. The minimum atomic E-state index is -0.495. The van der Waals surface area contributed by atoms with E-state index < -0.39 is 5.79 Å². The van der Waals surface area contributed by atoms with Crippen molar-refractivity contribution in [3.8, 4) is 0 Å². The van der Waals surface area contributed by atoms with Crippen LogP contribution in [0.15, 0.2) is 0 Å². The molecule has 0 spiro atoms. The van der Waals surface area contributed by atoms with Gasteiger partial charge in [-0.1, -0.05) is 6.92 Å². The van der Waals surface area contributed by atoms with E-state index in [0.717, 1.165) is 25.7 Å². The van der Waals surface area contributed by atoms with Crippen LogP contribution in [0, 0.1) is 0 Å². The standard InChI is InChI=1S/C11H21NO3/c1-4-9-7-10(5-6-12-8-13)15-11(2,3)14-9/h8-10H,4-7H2,1-3H3,(H,12,13). The van der Waals surface area contributed by atoms with Gasteiger partial charge in [-0.25, -0.2) is 0 Å². The Bertz CT molecular complexity index is 206. The number of nitrogens with one attached hydrogen (secondary N) is 1. The molecule has 1 N–H and O–H groups in total. The van der Waals surface area contributed by atoms with Crippen LogP contribution in [0.25, 0.3) is 0 Å². The van der Waals surface area contributed by atoms with E-state index in [-0.39, 0.29) is 12.2 Å². The third kappa shape index (κ3) is 4.18. The number of carbonyl (C=O) groups excluding carboxylic acids is 1. The molecule has 1 rings (SSSR count). The van der Waals surface area contributed by atoms with Gasteiger partial charge in [0, 0.05) is 13.0 Å². The molecule has 0 bridgehead atoms. The van der Waals surface area contributed by atoms with E-state index in [9.17, 15) is 4.79 Å². The second-order valence-corrected chi connectivity index (χ2v) is 4.38. The van der Waals surface area contributed by atoms with Crippen molar-refractivity contribution >= 4 is 6.41 Å². The van der Waals surface area contributed by atoms with Crippen molar-refractivity contribution < 1.29 is 14.3 Å². The summed E-state index contributed by atoms with van der Waals surface area (Å²) in [7, 11) is 0. The van der Waals surface area contributed by atoms with Gasteiger partial charge in [0.2, 0.25) is 6.41 Å². The molecule has 0 aliphatic carbocycles. The summed E-state index contributed by atoms with van der Waals surface area (Å²) in [4.78, 5) is 10.1. The molecule has 0 saturated carbocycles. The summed E-state index contributed by atoms with van der Waals surface area (Å²) in [6, 6.07) is 0. The highest BCUT2D eigenvalue weighted by Gasteiger charge is 2.34. The van der Waals surface area contributed by atoms with Crippen molar-refractivity contribution in [1.29, 1.82) is 0 Å². The maximum atomic E-state index is 10.1. The van der Waals surface area contributed by atoms with E-state index in [1.54, 1.807) is 0 Å². The summed E-state index contributed by atoms with van der Waals surface area (Å²) in [5, 5.41) is 2.65. The Labute approximate surface area is 91.3 Å². The lowest BCUT2D eigenvalue weighted by Crippen LogP contribution is -2.45. The minimum absolute atomic E-state index is 0.186. The van der Waals surface area contributed by atoms with E-state index in [2.05, 4.69) is 12.2 Å². The number of hydrogen-bond acceptors (Lipinski definition) is 3. The smallest absolute Gasteiger partial charge is 0.207 e. The number of carbonyl (C=O) groups is 1. The Balaban J connectivity index is 2.39. The molecule has 1 aliphatic heterocycles. The fourth-order valence-electron chi connectivity index (χ4n) is 1.95. The van der Waals surface area contributed by atoms with Crippen LogP contribution in [0.5, 0.6) is 0 Å². The summed E-state index contributed by atoms with van der Waals surface area (Å²) in [5.74, 6) is -0.495. The highest BCUT2D eigenvalue weighted by atomic mass is 16.7. The molecule has 1 amide bonds. The van der Waals surface area contributed by atoms with Gasteiger partial charge in [0.25, 0.3) is 0 Å². The van der Waals surface area contributed by atoms with Gasteiger partial charge in [0.05, 0.1) is 12.2 Å². The highest BCUT2D eigenvalue weighted by Crippen LogP contribution is 2.29. The van der Waals surface area contributed by atoms with Crippen LogP contribution in [0.4, 0.5) is 0 Å². The predicted octanol–water partition coefficient (Wildman–Crippen LogP) is 1.44. The molecule has 2 atom stereocenters. The van der Waals surface area contributed by atoms with Crippen molar-refractivity contribution in [2.75, 3.05) is 6.54 Å². The molecule has 0 aromatic heterocycles. The fourth-order valence-corrected chi connectivity index (χ4v) is 1.95. The van der Waals surface area contributed by atoms with Gasteiger partial charge < -0.3 is 14.8 Å². The Morgan fingerprint density at radius 3 is 2.67 bits per heavy atom. The third-order valence-electron chi connectivity index (χ3n) is 2.58. The van der Waals surface area contributed by atoms with Gasteiger partial charge in [-0.2, -0.15) is 0 Å². The molecule has 2 unspecified atom stereocenters. The zero-order chi connectivity index (χ0) is 11.3. The van der Waals surface area contributed by atoms with Crippen molar-refractivity contribution in [3.05, 3.63) is 0 Å². The first-order valence-electron chi connectivity index (χ1n) is 5.60. The molecule has 4 heteroatoms. The predicted molar refractivity (Wildman–Crippen MR) is 57.4 cm³/mol. The summed E-state index contributed by atoms with van der Waals surface area (Å²) in [6.45, 7) is 6.66. The van der Waals surface area contributed by atoms with E-state index in [4.69, 9.17) is 9.47 Å². The minimum Gasteiger partial charge on any atom is -0.359 e. The SMILES string of the molecule is CCC1CC(CCNC=O)OC(C)(C)O1. The number of amides is 1. The van der Waals surface area contributed by atoms with Crippen LogP contribution >= 0.6 is 0 Å². The zero-order valence-electron chi connectivity index (χ0n) is 9.79. The molecule has 1 saturated heterocycles. The van der Waals surface area contributed by atoms with Crippen molar-refractivity contribution in [3.63, 3.8) is 0 Å². The van der Waals surface area contributed by atoms with E-state index in [0.29, 0.717) is 6.54 Å². The molecule has 88 valence electrons. The normalized spacial score (nSPS) is 29.8. The summed E-state index contributed by atoms with van der Waals surface area (Å²) in [5.41, 5.74) is 0. The maximum absolute atomic E-state index is 10.1. The average Bonchev–Trinajstić information content (AvgIpc) is 2.16. The van der Waals surface area contributed by atoms with Gasteiger partial charge in [-0.05, 0) is 26.7 Å². The molecule has 1 fully saturated rings. The molecule has 1 heterocycles. The Morgan fingerprint density at radius 1 is 1.40 bits per heavy atom. The van der Waals surface area contributed by atoms with Crippen LogP contribution in [-0.4, -0.2) is 30.9 Å². The van der Waals surface area contributed by atoms with Gasteiger partial charge in [-0.3, -0.25) is 4.79 Å². The Morgan fingerprint density at radius 2 is 2.07 bits per heavy atom. The lowest BCUT2D eigenvalue weighted by atomic mass is 10.0. The zero-order valence-corrected chi connectivity index (χ0v) is 9.79. The maximum Gasteiger partial charge on any atom is 0.207 e. The van der Waals surface area contributed by atoms with Crippen molar-refractivity contribution in [2.45, 2.75) is 58.0 Å². The molecular weight excluding hydrogens is 194 g/mol. The van der Waals surface area contributed by atoms with Crippen molar-refractivity contribution in [1.82, 2.24) is 5.32 Å². The number of rotatable bonds is 5. The van der Waals surface area contributed by atoms with Crippen LogP contribution in [-0.2, 0) is 14.3 Å². The molecule has 4 nitrogen and oxygen atoms in total. The first kappa shape index (κ1) is 12.5. The second-order valence-electron chi connectivity index (χ2n) is 4.38. The van der Waals surface area contributed by atoms with Crippen LogP contribution in [0.2, 0.25) is 0 Å². The molecule has 0 aromatic rings. The monoisotopic (exact) mass is 215 g/mol. The molecule has 15 heavy (non-hydrogen) atoms. The Hall–Kier alpha value is -0.610. The van der Waals surface area contributed by atoms with E-state index >= 15 is 0 Å². The average molecular weight is 215 g/mol. The second kappa shape index (κ2) is 5.47. The first-order valence-corrected chi connectivity index (χ1v) is 5.60. The van der Waals surface area contributed by atoms with Crippen LogP contribution < -0.4 is 5.32 Å². The number of hydrogen-bond donors (Lipinski definition) is 1. The summed E-state index contributed by atoms with van der Waals surface area (Å²) < 4.78 is 11.5. The summed E-state index contributed by atoms with van der Waals surface area (Å²) >= 11 is 0. The molecule has 1 aliphatic rings. The topological polar surface area (TPSA) is 47.6 Å². The largest absolute Gasteiger partial charge is 0.359 e. The quantitative estimate of drug-likeness (QED) is 0.557. The number of ether oxygens (including phenoxy) is 2. The fraction of sp³-hybridized carbons (Fsp3) is 0.909. The van der Waals surface area contributed by atoms with Gasteiger partial charge in [-0.15, -0.1) is 0 Å². The van der Waals surface area contributed by atoms with Crippen LogP contribution in [0.3, 0.4) is 0 Å². The van der Waals surface area contributed by atoms with Crippen molar-refractivity contribution in [2.24, 2.45) is 0 Å².